The van der Waals surface area contributed by atoms with Gasteiger partial charge in [-0.15, -0.1) is 0 Å². The number of rotatable bonds is 5. The van der Waals surface area contributed by atoms with Crippen LogP contribution in [0, 0.1) is 0 Å². The third kappa shape index (κ3) is 4.16. The van der Waals surface area contributed by atoms with Gasteiger partial charge in [0.2, 0.25) is 0 Å². The molecule has 1 heterocycles. The molecular weight excluding hydrogens is 242 g/mol. The van der Waals surface area contributed by atoms with E-state index in [1.807, 2.05) is 18.2 Å². The number of carbonyl (C=O) groups excluding carboxylic acids is 1. The zero-order valence-corrected chi connectivity index (χ0v) is 11.4. The summed E-state index contributed by atoms with van der Waals surface area (Å²) >= 11 is 0. The standard InChI is InChI=1S/C15H21NO3/c1-2-3-10-18-15(17)16-11-13-9-8-12-6-4-5-7-14(12)19-13/h4-7,13H,2-3,8-11H2,1H3,(H,16,17). The lowest BCUT2D eigenvalue weighted by atomic mass is 10.0. The smallest absolute Gasteiger partial charge is 0.407 e. The minimum absolute atomic E-state index is 0.0358. The number of benzene rings is 1. The van der Waals surface area contributed by atoms with Crippen molar-refractivity contribution in [3.63, 3.8) is 0 Å². The van der Waals surface area contributed by atoms with Crippen molar-refractivity contribution in [1.82, 2.24) is 5.32 Å². The van der Waals surface area contributed by atoms with Crippen molar-refractivity contribution in [3.8, 4) is 5.75 Å². The second kappa shape index (κ2) is 7.02. The van der Waals surface area contributed by atoms with Crippen molar-refractivity contribution in [2.24, 2.45) is 0 Å². The minimum atomic E-state index is -0.351. The molecule has 19 heavy (non-hydrogen) atoms. The van der Waals surface area contributed by atoms with Gasteiger partial charge >= 0.3 is 6.09 Å². The van der Waals surface area contributed by atoms with Crippen molar-refractivity contribution in [2.75, 3.05) is 13.2 Å². The molecular formula is C15H21NO3. The fourth-order valence-corrected chi connectivity index (χ4v) is 2.08. The summed E-state index contributed by atoms with van der Waals surface area (Å²) in [5.74, 6) is 0.930. The topological polar surface area (TPSA) is 47.6 Å². The van der Waals surface area contributed by atoms with Crippen LogP contribution in [0.4, 0.5) is 4.79 Å². The van der Waals surface area contributed by atoms with Gasteiger partial charge in [0.15, 0.2) is 0 Å². The molecule has 1 aliphatic heterocycles. The van der Waals surface area contributed by atoms with Crippen LogP contribution < -0.4 is 10.1 Å². The monoisotopic (exact) mass is 263 g/mol. The first kappa shape index (κ1) is 13.7. The zero-order valence-electron chi connectivity index (χ0n) is 11.4. The number of carbonyl (C=O) groups is 1. The summed E-state index contributed by atoms with van der Waals surface area (Å²) in [6.45, 7) is 3.05. The lowest BCUT2D eigenvalue weighted by Gasteiger charge is -2.26. The van der Waals surface area contributed by atoms with Gasteiger partial charge in [-0.2, -0.15) is 0 Å². The van der Waals surface area contributed by atoms with E-state index in [4.69, 9.17) is 9.47 Å². The number of nitrogens with one attached hydrogen (secondary N) is 1. The maximum absolute atomic E-state index is 11.4. The second-order valence-electron chi connectivity index (χ2n) is 4.76. The number of hydrogen-bond acceptors (Lipinski definition) is 3. The Morgan fingerprint density at radius 2 is 2.32 bits per heavy atom. The maximum atomic E-state index is 11.4. The van der Waals surface area contributed by atoms with E-state index in [2.05, 4.69) is 18.3 Å². The highest BCUT2D eigenvalue weighted by Crippen LogP contribution is 2.26. The fraction of sp³-hybridized carbons (Fsp3) is 0.533. The number of unbranched alkanes of at least 4 members (excludes halogenated alkanes) is 1. The van der Waals surface area contributed by atoms with Crippen LogP contribution in [0.2, 0.25) is 0 Å². The lowest BCUT2D eigenvalue weighted by molar-refractivity contribution is 0.130. The van der Waals surface area contributed by atoms with Crippen molar-refractivity contribution < 1.29 is 14.3 Å². The minimum Gasteiger partial charge on any atom is -0.488 e. The highest BCUT2D eigenvalue weighted by molar-refractivity contribution is 5.67. The summed E-state index contributed by atoms with van der Waals surface area (Å²) in [7, 11) is 0. The Morgan fingerprint density at radius 1 is 1.47 bits per heavy atom. The van der Waals surface area contributed by atoms with Gasteiger partial charge in [0.1, 0.15) is 11.9 Å². The Kier molecular flexibility index (Phi) is 5.07. The predicted molar refractivity (Wildman–Crippen MR) is 73.4 cm³/mol. The van der Waals surface area contributed by atoms with E-state index in [0.717, 1.165) is 31.4 Å². The molecule has 0 saturated heterocycles. The van der Waals surface area contributed by atoms with Gasteiger partial charge in [0.05, 0.1) is 13.2 Å². The molecule has 0 saturated carbocycles. The molecule has 104 valence electrons. The van der Waals surface area contributed by atoms with E-state index in [1.54, 1.807) is 0 Å². The van der Waals surface area contributed by atoms with E-state index in [1.165, 1.54) is 5.56 Å². The normalized spacial score (nSPS) is 17.2. The molecule has 0 aliphatic carbocycles. The average molecular weight is 263 g/mol. The lowest BCUT2D eigenvalue weighted by Crippen LogP contribution is -2.37. The first-order valence-electron chi connectivity index (χ1n) is 6.94. The summed E-state index contributed by atoms with van der Waals surface area (Å²) in [4.78, 5) is 11.4. The van der Waals surface area contributed by atoms with Crippen LogP contribution in [-0.4, -0.2) is 25.3 Å². The second-order valence-corrected chi connectivity index (χ2v) is 4.76. The van der Waals surface area contributed by atoms with E-state index >= 15 is 0 Å². The number of alkyl carbamates (subject to hydrolysis) is 1. The largest absolute Gasteiger partial charge is 0.488 e. The molecule has 0 spiro atoms. The van der Waals surface area contributed by atoms with E-state index in [9.17, 15) is 4.79 Å². The first-order chi connectivity index (χ1) is 9.29. The highest BCUT2D eigenvalue weighted by atomic mass is 16.5. The summed E-state index contributed by atoms with van der Waals surface area (Å²) in [5, 5.41) is 2.76. The molecule has 4 nitrogen and oxygen atoms in total. The predicted octanol–water partition coefficient (Wildman–Crippen LogP) is 2.91. The number of fused-ring (bicyclic) bond motifs is 1. The quantitative estimate of drug-likeness (QED) is 0.831. The molecule has 1 amide bonds. The van der Waals surface area contributed by atoms with Gasteiger partial charge in [0.25, 0.3) is 0 Å². The molecule has 1 aliphatic rings. The van der Waals surface area contributed by atoms with Gasteiger partial charge in [-0.05, 0) is 30.9 Å². The van der Waals surface area contributed by atoms with Crippen molar-refractivity contribution in [2.45, 2.75) is 38.7 Å². The third-order valence-electron chi connectivity index (χ3n) is 3.21. The summed E-state index contributed by atoms with van der Waals surface area (Å²) < 4.78 is 10.9. The maximum Gasteiger partial charge on any atom is 0.407 e. The van der Waals surface area contributed by atoms with Crippen LogP contribution in [-0.2, 0) is 11.2 Å². The highest BCUT2D eigenvalue weighted by Gasteiger charge is 2.19. The Balaban J connectivity index is 1.72. The SMILES string of the molecule is CCCCOC(=O)NCC1CCc2ccccc2O1. The molecule has 1 unspecified atom stereocenters. The van der Waals surface area contributed by atoms with Crippen molar-refractivity contribution >= 4 is 6.09 Å². The molecule has 0 bridgehead atoms. The Morgan fingerprint density at radius 3 is 3.16 bits per heavy atom. The molecule has 0 aromatic heterocycles. The van der Waals surface area contributed by atoms with Crippen LogP contribution in [0.25, 0.3) is 0 Å². The van der Waals surface area contributed by atoms with Crippen LogP contribution in [0.15, 0.2) is 24.3 Å². The van der Waals surface area contributed by atoms with Crippen molar-refractivity contribution in [3.05, 3.63) is 29.8 Å². The number of para-hydroxylation sites is 1. The van der Waals surface area contributed by atoms with Gasteiger partial charge in [-0.1, -0.05) is 31.5 Å². The number of amides is 1. The van der Waals surface area contributed by atoms with E-state index < -0.39 is 0 Å². The molecule has 1 N–H and O–H groups in total. The molecule has 0 fully saturated rings. The fourth-order valence-electron chi connectivity index (χ4n) is 2.08. The van der Waals surface area contributed by atoms with Crippen LogP contribution >= 0.6 is 0 Å². The van der Waals surface area contributed by atoms with E-state index in [-0.39, 0.29) is 12.2 Å². The molecule has 0 radical (unpaired) electrons. The summed E-state index contributed by atoms with van der Waals surface area (Å²) in [6, 6.07) is 8.04. The summed E-state index contributed by atoms with van der Waals surface area (Å²) in [6.07, 6.45) is 3.53. The molecule has 2 rings (SSSR count). The summed E-state index contributed by atoms with van der Waals surface area (Å²) in [5.41, 5.74) is 1.24. The Hall–Kier alpha value is -1.71. The number of hydrogen-bond donors (Lipinski definition) is 1. The Bertz CT molecular complexity index is 420. The van der Waals surface area contributed by atoms with Gasteiger partial charge in [-0.3, -0.25) is 0 Å². The number of ether oxygens (including phenoxy) is 2. The third-order valence-corrected chi connectivity index (χ3v) is 3.21. The van der Waals surface area contributed by atoms with Crippen LogP contribution in [0.3, 0.4) is 0 Å². The average Bonchev–Trinajstić information content (AvgIpc) is 2.45. The first-order valence-corrected chi connectivity index (χ1v) is 6.94. The van der Waals surface area contributed by atoms with Gasteiger partial charge < -0.3 is 14.8 Å². The molecule has 1 aromatic carbocycles. The Labute approximate surface area is 114 Å². The van der Waals surface area contributed by atoms with Crippen LogP contribution in [0.1, 0.15) is 31.7 Å². The molecule has 4 heteroatoms. The molecule has 1 atom stereocenters. The van der Waals surface area contributed by atoms with E-state index in [0.29, 0.717) is 13.2 Å². The zero-order chi connectivity index (χ0) is 13.5. The number of aryl methyl sites for hydroxylation is 1. The van der Waals surface area contributed by atoms with Gasteiger partial charge in [-0.25, -0.2) is 4.79 Å². The van der Waals surface area contributed by atoms with Crippen LogP contribution in [0.5, 0.6) is 5.75 Å². The molecule has 1 aromatic rings. The van der Waals surface area contributed by atoms with Crippen molar-refractivity contribution in [1.29, 1.82) is 0 Å². The van der Waals surface area contributed by atoms with Gasteiger partial charge in [0, 0.05) is 0 Å².